The highest BCUT2D eigenvalue weighted by Crippen LogP contribution is 2.28. The zero-order valence-electron chi connectivity index (χ0n) is 12.5. The van der Waals surface area contributed by atoms with Crippen LogP contribution in [0.15, 0.2) is 49.0 Å². The quantitative estimate of drug-likeness (QED) is 0.837. The summed E-state index contributed by atoms with van der Waals surface area (Å²) in [4.78, 5) is 17.2. The maximum atomic E-state index is 13.4. The van der Waals surface area contributed by atoms with E-state index in [0.717, 1.165) is 12.1 Å². The summed E-state index contributed by atoms with van der Waals surface area (Å²) in [6.45, 7) is 0.683. The van der Waals surface area contributed by atoms with Crippen LogP contribution in [-0.2, 0) is 11.3 Å². The molecule has 1 amide bonds. The second-order valence-electron chi connectivity index (χ2n) is 5.25. The van der Waals surface area contributed by atoms with Crippen LogP contribution in [0.3, 0.4) is 0 Å². The van der Waals surface area contributed by atoms with Crippen molar-refractivity contribution in [3.8, 4) is 11.1 Å². The normalized spacial score (nSPS) is 14.2. The number of nitrogens with zero attached hydrogens (tertiary/aromatic N) is 2. The number of benzene rings is 1. The summed E-state index contributed by atoms with van der Waals surface area (Å²) in [6.07, 6.45) is 2.75. The largest absolute Gasteiger partial charge is 0.418 e. The van der Waals surface area contributed by atoms with Gasteiger partial charge in [0.2, 0.25) is 0 Å². The zero-order valence-corrected chi connectivity index (χ0v) is 12.5. The van der Waals surface area contributed by atoms with Crippen molar-refractivity contribution in [3.05, 3.63) is 65.9 Å². The van der Waals surface area contributed by atoms with Gasteiger partial charge in [-0.05, 0) is 35.4 Å². The number of aromatic nitrogens is 1. The Kier molecular flexibility index (Phi) is 4.50. The Morgan fingerprint density at radius 2 is 2.04 bits per heavy atom. The first-order valence-electron chi connectivity index (χ1n) is 7.17. The molecule has 0 fully saturated rings. The van der Waals surface area contributed by atoms with Crippen molar-refractivity contribution in [2.24, 2.45) is 0 Å². The van der Waals surface area contributed by atoms with Gasteiger partial charge in [0.15, 0.2) is 0 Å². The van der Waals surface area contributed by atoms with Gasteiger partial charge in [-0.15, -0.1) is 0 Å². The lowest BCUT2D eigenvalue weighted by Crippen LogP contribution is -2.32. The maximum absolute atomic E-state index is 13.4. The molecule has 0 saturated heterocycles. The number of alkyl halides is 2. The van der Waals surface area contributed by atoms with Gasteiger partial charge in [-0.2, -0.15) is 0 Å². The fourth-order valence-electron chi connectivity index (χ4n) is 2.40. The van der Waals surface area contributed by atoms with Crippen LogP contribution in [0.4, 0.5) is 18.0 Å². The number of carbonyl (C=O) groups excluding carboxylic acids is 1. The first-order valence-corrected chi connectivity index (χ1v) is 7.17. The second kappa shape index (κ2) is 6.74. The average molecular weight is 334 g/mol. The summed E-state index contributed by atoms with van der Waals surface area (Å²) in [5, 5.41) is 0. The van der Waals surface area contributed by atoms with Crippen molar-refractivity contribution in [1.29, 1.82) is 0 Å². The molecule has 7 heteroatoms. The van der Waals surface area contributed by atoms with Gasteiger partial charge in [-0.25, -0.2) is 18.0 Å². The Bertz CT molecular complexity index is 793. The van der Waals surface area contributed by atoms with E-state index in [0.29, 0.717) is 23.2 Å². The molecule has 2 heterocycles. The molecule has 0 bridgehead atoms. The number of rotatable bonds is 4. The van der Waals surface area contributed by atoms with Crippen molar-refractivity contribution in [3.63, 3.8) is 0 Å². The number of cyclic esters (lactones) is 1. The Morgan fingerprint density at radius 3 is 2.79 bits per heavy atom. The summed E-state index contributed by atoms with van der Waals surface area (Å²) in [6, 6.07) is 5.26. The lowest BCUT2D eigenvalue weighted by atomic mass is 10.0. The zero-order chi connectivity index (χ0) is 17.1. The third kappa shape index (κ3) is 3.40. The highest BCUT2D eigenvalue weighted by atomic mass is 19.3. The van der Waals surface area contributed by atoms with Gasteiger partial charge < -0.3 is 4.74 Å². The molecule has 0 atom stereocenters. The van der Waals surface area contributed by atoms with Crippen molar-refractivity contribution < 1.29 is 22.7 Å². The molecule has 1 aliphatic rings. The predicted octanol–water partition coefficient (Wildman–Crippen LogP) is 4.29. The minimum Gasteiger partial charge on any atom is -0.418 e. The van der Waals surface area contributed by atoms with Crippen molar-refractivity contribution in [2.45, 2.75) is 13.0 Å². The van der Waals surface area contributed by atoms with Crippen LogP contribution in [0, 0.1) is 5.82 Å². The minimum atomic E-state index is -2.89. The van der Waals surface area contributed by atoms with Gasteiger partial charge in [0.05, 0.1) is 18.4 Å². The number of pyridine rings is 1. The molecule has 0 aliphatic carbocycles. The van der Waals surface area contributed by atoms with E-state index in [4.69, 9.17) is 4.74 Å². The first-order chi connectivity index (χ1) is 11.5. The van der Waals surface area contributed by atoms with Crippen LogP contribution in [0.25, 0.3) is 11.1 Å². The average Bonchev–Trinajstić information content (AvgIpc) is 2.57. The fourth-order valence-corrected chi connectivity index (χ4v) is 2.40. The Morgan fingerprint density at radius 1 is 1.21 bits per heavy atom. The molecular weight excluding hydrogens is 321 g/mol. The van der Waals surface area contributed by atoms with E-state index >= 15 is 0 Å². The fraction of sp³-hybridized carbons (Fsp3) is 0.176. The summed E-state index contributed by atoms with van der Waals surface area (Å²) in [5.74, 6) is -0.944. The smallest absolute Gasteiger partial charge is 0.415 e. The summed E-state index contributed by atoms with van der Waals surface area (Å²) in [5.41, 5.74) is 1.06. The van der Waals surface area contributed by atoms with Gasteiger partial charge in [-0.1, -0.05) is 6.07 Å². The number of ether oxygens (including phenoxy) is 1. The highest BCUT2D eigenvalue weighted by molar-refractivity contribution is 5.70. The van der Waals surface area contributed by atoms with Crippen molar-refractivity contribution >= 4 is 6.09 Å². The van der Waals surface area contributed by atoms with Crippen LogP contribution in [-0.4, -0.2) is 22.5 Å². The highest BCUT2D eigenvalue weighted by Gasteiger charge is 2.18. The Labute approximate surface area is 136 Å². The predicted molar refractivity (Wildman–Crippen MR) is 80.6 cm³/mol. The molecule has 3 rings (SSSR count). The van der Waals surface area contributed by atoms with E-state index in [9.17, 15) is 18.0 Å². The molecule has 1 aliphatic heterocycles. The van der Waals surface area contributed by atoms with E-state index in [-0.39, 0.29) is 6.54 Å². The Hall–Kier alpha value is -2.83. The maximum Gasteiger partial charge on any atom is 0.415 e. The van der Waals surface area contributed by atoms with Crippen LogP contribution in [0.1, 0.15) is 17.6 Å². The summed E-state index contributed by atoms with van der Waals surface area (Å²) in [7, 11) is 0. The Balaban J connectivity index is 1.86. The minimum absolute atomic E-state index is 0.271. The second-order valence-corrected chi connectivity index (χ2v) is 5.25. The van der Waals surface area contributed by atoms with Crippen molar-refractivity contribution in [2.75, 3.05) is 6.54 Å². The topological polar surface area (TPSA) is 42.4 Å². The van der Waals surface area contributed by atoms with E-state index in [2.05, 4.69) is 4.98 Å². The molecule has 2 aromatic rings. The first kappa shape index (κ1) is 16.0. The van der Waals surface area contributed by atoms with Crippen LogP contribution >= 0.6 is 0 Å². The van der Waals surface area contributed by atoms with Crippen LogP contribution in [0.2, 0.25) is 0 Å². The molecule has 0 saturated carbocycles. The van der Waals surface area contributed by atoms with Crippen molar-refractivity contribution in [1.82, 2.24) is 9.88 Å². The van der Waals surface area contributed by atoms with E-state index in [1.807, 2.05) is 0 Å². The molecule has 0 N–H and O–H groups in total. The number of halogens is 3. The molecular formula is C17H13F3N2O2. The van der Waals surface area contributed by atoms with Crippen LogP contribution in [0.5, 0.6) is 0 Å². The number of amides is 1. The standard InChI is InChI=1S/C17H13F3N2O2/c18-15-3-2-12(7-14(15)16(19)20)13-6-11(8-21-9-13)10-22-4-1-5-24-17(22)23/h1-3,5-9,16H,4,10H2. The van der Waals surface area contributed by atoms with E-state index in [1.165, 1.54) is 23.4 Å². The summed E-state index contributed by atoms with van der Waals surface area (Å²) < 4.78 is 43.9. The lowest BCUT2D eigenvalue weighted by molar-refractivity contribution is 0.131. The molecule has 0 radical (unpaired) electrons. The molecule has 1 aromatic carbocycles. The number of carbonyl (C=O) groups is 1. The molecule has 4 nitrogen and oxygen atoms in total. The number of hydrogen-bond donors (Lipinski definition) is 0. The molecule has 0 unspecified atom stereocenters. The molecule has 24 heavy (non-hydrogen) atoms. The van der Waals surface area contributed by atoms with E-state index in [1.54, 1.807) is 18.3 Å². The monoisotopic (exact) mass is 334 g/mol. The summed E-state index contributed by atoms with van der Waals surface area (Å²) >= 11 is 0. The van der Waals surface area contributed by atoms with E-state index < -0.39 is 23.9 Å². The van der Waals surface area contributed by atoms with Crippen LogP contribution < -0.4 is 0 Å². The SMILES string of the molecule is O=C1OC=CCN1Cc1cncc(-c2ccc(F)c(C(F)F)c2)c1. The van der Waals surface area contributed by atoms with Gasteiger partial charge >= 0.3 is 6.09 Å². The number of hydrogen-bond acceptors (Lipinski definition) is 3. The molecule has 1 aromatic heterocycles. The lowest BCUT2D eigenvalue weighted by Gasteiger charge is -2.22. The third-order valence-electron chi connectivity index (χ3n) is 3.58. The third-order valence-corrected chi connectivity index (χ3v) is 3.58. The van der Waals surface area contributed by atoms with Gasteiger partial charge in [0.1, 0.15) is 5.82 Å². The molecule has 0 spiro atoms. The van der Waals surface area contributed by atoms with Gasteiger partial charge in [0.25, 0.3) is 6.43 Å². The molecule has 124 valence electrons. The van der Waals surface area contributed by atoms with Gasteiger partial charge in [-0.3, -0.25) is 9.88 Å². The van der Waals surface area contributed by atoms with Gasteiger partial charge in [0, 0.05) is 24.5 Å².